The van der Waals surface area contributed by atoms with Crippen LogP contribution in [-0.2, 0) is 0 Å². The summed E-state index contributed by atoms with van der Waals surface area (Å²) in [6.45, 7) is 9.91. The van der Waals surface area contributed by atoms with E-state index in [0.717, 1.165) is 31.4 Å². The Kier molecular flexibility index (Phi) is 7.04. The highest BCUT2D eigenvalue weighted by Gasteiger charge is 2.19. The lowest BCUT2D eigenvalue weighted by Gasteiger charge is -2.34. The summed E-state index contributed by atoms with van der Waals surface area (Å²) in [5.41, 5.74) is 1.26. The molecule has 0 bridgehead atoms. The van der Waals surface area contributed by atoms with E-state index >= 15 is 0 Å². The summed E-state index contributed by atoms with van der Waals surface area (Å²) >= 11 is 0. The first-order chi connectivity index (χ1) is 10.3. The van der Waals surface area contributed by atoms with Crippen LogP contribution in [0.25, 0.3) is 0 Å². The van der Waals surface area contributed by atoms with Gasteiger partial charge in [0.15, 0.2) is 0 Å². The van der Waals surface area contributed by atoms with Crippen LogP contribution in [0.3, 0.4) is 0 Å². The van der Waals surface area contributed by atoms with Crippen LogP contribution in [0.15, 0.2) is 24.3 Å². The summed E-state index contributed by atoms with van der Waals surface area (Å²) in [4.78, 5) is 2.67. The number of piperidine rings is 1. The molecule has 1 N–H and O–H groups in total. The van der Waals surface area contributed by atoms with Crippen LogP contribution in [0.4, 0.5) is 0 Å². The van der Waals surface area contributed by atoms with E-state index in [-0.39, 0.29) is 0 Å². The lowest BCUT2D eigenvalue weighted by Crippen LogP contribution is -2.44. The van der Waals surface area contributed by atoms with Gasteiger partial charge in [0.2, 0.25) is 0 Å². The average Bonchev–Trinajstić information content (AvgIpc) is 2.51. The first kappa shape index (κ1) is 16.3. The van der Waals surface area contributed by atoms with Gasteiger partial charge in [0.25, 0.3) is 0 Å². The Labute approximate surface area is 129 Å². The average molecular weight is 290 g/mol. The lowest BCUT2D eigenvalue weighted by molar-refractivity contribution is 0.150. The molecule has 1 aliphatic rings. The molecule has 3 heteroatoms. The van der Waals surface area contributed by atoms with E-state index in [4.69, 9.17) is 4.74 Å². The van der Waals surface area contributed by atoms with Crippen LogP contribution in [-0.4, -0.2) is 43.7 Å². The Morgan fingerprint density at radius 1 is 1.24 bits per heavy atom. The molecular weight excluding hydrogens is 260 g/mol. The number of ether oxygens (including phenoxy) is 1. The van der Waals surface area contributed by atoms with Crippen LogP contribution in [0.2, 0.25) is 0 Å². The normalized spacial score (nSPS) is 16.3. The Balaban J connectivity index is 1.71. The number of benzene rings is 1. The van der Waals surface area contributed by atoms with Crippen molar-refractivity contribution in [2.45, 2.75) is 45.6 Å². The number of nitrogens with zero attached hydrogens (tertiary/aromatic N) is 1. The molecule has 1 aromatic rings. The number of rotatable bonds is 8. The highest BCUT2D eigenvalue weighted by molar-refractivity contribution is 5.27. The molecule has 1 aromatic carbocycles. The maximum Gasteiger partial charge on any atom is 0.119 e. The molecule has 0 saturated carbocycles. The van der Waals surface area contributed by atoms with Crippen LogP contribution >= 0.6 is 0 Å². The van der Waals surface area contributed by atoms with Crippen molar-refractivity contribution in [3.05, 3.63) is 29.8 Å². The first-order valence-corrected chi connectivity index (χ1v) is 8.44. The predicted molar refractivity (Wildman–Crippen MR) is 89.0 cm³/mol. The quantitative estimate of drug-likeness (QED) is 0.744. The molecule has 0 aliphatic carbocycles. The number of aryl methyl sites for hydroxylation is 1. The van der Waals surface area contributed by atoms with Crippen molar-refractivity contribution >= 4 is 0 Å². The fraction of sp³-hybridized carbons (Fsp3) is 0.667. The monoisotopic (exact) mass is 290 g/mol. The third kappa shape index (κ3) is 5.68. The van der Waals surface area contributed by atoms with E-state index in [1.807, 2.05) is 6.07 Å². The van der Waals surface area contributed by atoms with Gasteiger partial charge in [-0.15, -0.1) is 0 Å². The maximum absolute atomic E-state index is 5.86. The molecule has 2 rings (SSSR count). The fourth-order valence-corrected chi connectivity index (χ4v) is 3.10. The topological polar surface area (TPSA) is 24.5 Å². The van der Waals surface area contributed by atoms with Crippen molar-refractivity contribution < 1.29 is 4.74 Å². The molecule has 0 atom stereocenters. The van der Waals surface area contributed by atoms with E-state index in [9.17, 15) is 0 Å². The summed E-state index contributed by atoms with van der Waals surface area (Å²) in [6.07, 6.45) is 4.93. The third-order valence-corrected chi connectivity index (χ3v) is 4.18. The molecule has 21 heavy (non-hydrogen) atoms. The van der Waals surface area contributed by atoms with E-state index < -0.39 is 0 Å². The molecule has 0 aromatic heterocycles. The summed E-state index contributed by atoms with van der Waals surface area (Å²) < 4.78 is 5.86. The van der Waals surface area contributed by atoms with Gasteiger partial charge in [-0.1, -0.05) is 19.1 Å². The molecule has 1 saturated heterocycles. The van der Waals surface area contributed by atoms with Gasteiger partial charge in [-0.2, -0.15) is 0 Å². The van der Waals surface area contributed by atoms with E-state index in [1.165, 1.54) is 44.5 Å². The first-order valence-electron chi connectivity index (χ1n) is 8.44. The molecule has 118 valence electrons. The SMILES string of the molecule is CCCN(CCCOc1cccc(C)c1)C1CCNCC1. The second kappa shape index (κ2) is 9.06. The van der Waals surface area contributed by atoms with Crippen molar-refractivity contribution in [1.29, 1.82) is 0 Å². The molecule has 1 fully saturated rings. The highest BCUT2D eigenvalue weighted by atomic mass is 16.5. The van der Waals surface area contributed by atoms with Crippen molar-refractivity contribution in [1.82, 2.24) is 10.2 Å². The molecular formula is C18H30N2O. The van der Waals surface area contributed by atoms with Crippen LogP contribution in [0, 0.1) is 6.92 Å². The molecule has 0 radical (unpaired) electrons. The largest absolute Gasteiger partial charge is 0.494 e. The number of hydrogen-bond acceptors (Lipinski definition) is 3. The Hall–Kier alpha value is -1.06. The lowest BCUT2D eigenvalue weighted by atomic mass is 10.0. The molecule has 0 unspecified atom stereocenters. The zero-order valence-electron chi connectivity index (χ0n) is 13.6. The van der Waals surface area contributed by atoms with Crippen LogP contribution < -0.4 is 10.1 Å². The standard InChI is InChI=1S/C18H30N2O/c1-3-12-20(17-8-10-19-11-9-17)13-5-14-21-18-7-4-6-16(2)15-18/h4,6-7,15,17,19H,3,5,8-14H2,1-2H3. The number of hydrogen-bond donors (Lipinski definition) is 1. The van der Waals surface area contributed by atoms with Crippen molar-refractivity contribution in [3.8, 4) is 5.75 Å². The number of nitrogens with one attached hydrogen (secondary N) is 1. The zero-order chi connectivity index (χ0) is 14.9. The van der Waals surface area contributed by atoms with Gasteiger partial charge in [-0.05, 0) is 69.9 Å². The Morgan fingerprint density at radius 3 is 2.76 bits per heavy atom. The van der Waals surface area contributed by atoms with Gasteiger partial charge >= 0.3 is 0 Å². The summed E-state index contributed by atoms with van der Waals surface area (Å²) in [5, 5.41) is 3.45. The zero-order valence-corrected chi connectivity index (χ0v) is 13.6. The van der Waals surface area contributed by atoms with Gasteiger partial charge in [0.1, 0.15) is 5.75 Å². The Morgan fingerprint density at radius 2 is 2.05 bits per heavy atom. The molecule has 0 amide bonds. The third-order valence-electron chi connectivity index (χ3n) is 4.18. The van der Waals surface area contributed by atoms with Gasteiger partial charge in [0.05, 0.1) is 6.61 Å². The molecule has 1 aliphatic heterocycles. The van der Waals surface area contributed by atoms with Crippen LogP contribution in [0.5, 0.6) is 5.75 Å². The van der Waals surface area contributed by atoms with E-state index in [1.54, 1.807) is 0 Å². The predicted octanol–water partition coefficient (Wildman–Crippen LogP) is 3.23. The smallest absolute Gasteiger partial charge is 0.119 e. The summed E-state index contributed by atoms with van der Waals surface area (Å²) in [6, 6.07) is 9.08. The highest BCUT2D eigenvalue weighted by Crippen LogP contribution is 2.15. The second-order valence-electron chi connectivity index (χ2n) is 6.04. The van der Waals surface area contributed by atoms with Crippen molar-refractivity contribution in [2.75, 3.05) is 32.8 Å². The van der Waals surface area contributed by atoms with Crippen LogP contribution in [0.1, 0.15) is 38.2 Å². The minimum atomic E-state index is 0.769. The van der Waals surface area contributed by atoms with E-state index in [0.29, 0.717) is 0 Å². The van der Waals surface area contributed by atoms with Gasteiger partial charge in [-0.3, -0.25) is 0 Å². The molecule has 1 heterocycles. The van der Waals surface area contributed by atoms with Gasteiger partial charge in [-0.25, -0.2) is 0 Å². The summed E-state index contributed by atoms with van der Waals surface area (Å²) in [5.74, 6) is 0.999. The fourth-order valence-electron chi connectivity index (χ4n) is 3.10. The minimum Gasteiger partial charge on any atom is -0.494 e. The minimum absolute atomic E-state index is 0.769. The Bertz CT molecular complexity index is 402. The van der Waals surface area contributed by atoms with Gasteiger partial charge in [0, 0.05) is 12.6 Å². The molecule has 3 nitrogen and oxygen atoms in total. The van der Waals surface area contributed by atoms with Gasteiger partial charge < -0.3 is 15.0 Å². The van der Waals surface area contributed by atoms with Crippen molar-refractivity contribution in [2.24, 2.45) is 0 Å². The van der Waals surface area contributed by atoms with E-state index in [2.05, 4.69) is 42.3 Å². The molecule has 0 spiro atoms. The second-order valence-corrected chi connectivity index (χ2v) is 6.04. The van der Waals surface area contributed by atoms with Crippen molar-refractivity contribution in [3.63, 3.8) is 0 Å². The summed E-state index contributed by atoms with van der Waals surface area (Å²) in [7, 11) is 0. The maximum atomic E-state index is 5.86.